The lowest BCUT2D eigenvalue weighted by Crippen LogP contribution is -2.34. The molecule has 0 atom stereocenters. The average molecular weight is 342 g/mol. The number of hydrogen-bond acceptors (Lipinski definition) is 4. The van der Waals surface area contributed by atoms with Gasteiger partial charge in [-0.3, -0.25) is 0 Å². The number of rotatable bonds is 7. The van der Waals surface area contributed by atoms with Crippen LogP contribution in [0.3, 0.4) is 0 Å². The van der Waals surface area contributed by atoms with Crippen LogP contribution in [0.4, 0.5) is 0 Å². The Bertz CT molecular complexity index is 523. The zero-order chi connectivity index (χ0) is 15.9. The van der Waals surface area contributed by atoms with Gasteiger partial charge in [0.2, 0.25) is 0 Å². The number of hydrogen-bond donors (Lipinski definition) is 4. The smallest absolute Gasteiger partial charge is 0.171 e. The molecule has 22 heavy (non-hydrogen) atoms. The summed E-state index contributed by atoms with van der Waals surface area (Å²) in [5, 5.41) is 0. The van der Waals surface area contributed by atoms with Crippen molar-refractivity contribution in [1.82, 2.24) is 0 Å². The minimum atomic E-state index is -1.85. The van der Waals surface area contributed by atoms with Crippen molar-refractivity contribution in [3.63, 3.8) is 0 Å². The molecule has 8 heteroatoms. The fraction of sp³-hybridized carbons (Fsp3) is 0.286. The largest absolute Gasteiger partial charge is 0.350 e. The van der Waals surface area contributed by atoms with Crippen molar-refractivity contribution >= 4 is 16.8 Å². The van der Waals surface area contributed by atoms with Crippen LogP contribution in [0.5, 0.6) is 0 Å². The van der Waals surface area contributed by atoms with Gasteiger partial charge in [0, 0.05) is 24.3 Å². The highest BCUT2D eigenvalue weighted by Gasteiger charge is 2.08. The summed E-state index contributed by atoms with van der Waals surface area (Å²) >= 11 is 0. The van der Waals surface area contributed by atoms with Crippen molar-refractivity contribution in [1.29, 1.82) is 0 Å². The topological polar surface area (TPSA) is 88.7 Å². The lowest BCUT2D eigenvalue weighted by atomic mass is 10.1. The van der Waals surface area contributed by atoms with E-state index in [1.807, 2.05) is 58.2 Å². The van der Waals surface area contributed by atoms with E-state index in [2.05, 4.69) is 0 Å². The maximum atomic E-state index is 8.92. The first kappa shape index (κ1) is 17.4. The van der Waals surface area contributed by atoms with E-state index in [9.17, 15) is 0 Å². The predicted octanol–water partition coefficient (Wildman–Crippen LogP) is 0.522. The highest BCUT2D eigenvalue weighted by molar-refractivity contribution is 7.45. The van der Waals surface area contributed by atoms with Gasteiger partial charge in [0.1, 0.15) is 0 Å². The maximum Gasteiger partial charge on any atom is 0.171 e. The van der Waals surface area contributed by atoms with Gasteiger partial charge in [0.05, 0.1) is 12.3 Å². The number of aromatic nitrogens is 2. The Balaban J connectivity index is 1.99. The van der Waals surface area contributed by atoms with Crippen LogP contribution in [0, 0.1) is 0 Å². The summed E-state index contributed by atoms with van der Waals surface area (Å²) in [7, 11) is -3.69. The van der Waals surface area contributed by atoms with Crippen LogP contribution in [0.25, 0.3) is 11.1 Å². The molecule has 0 bridgehead atoms. The molecule has 6 nitrogen and oxygen atoms in total. The van der Waals surface area contributed by atoms with Crippen molar-refractivity contribution < 1.29 is 28.7 Å². The number of pyridine rings is 2. The second kappa shape index (κ2) is 8.59. The molecule has 0 saturated carbocycles. The maximum absolute atomic E-state index is 8.92. The fourth-order valence-corrected chi connectivity index (χ4v) is 2.83. The molecular formula is C14H20N2O4P2+2. The monoisotopic (exact) mass is 342 g/mol. The molecule has 2 rings (SSSR count). The minimum Gasteiger partial charge on any atom is -0.350 e. The zero-order valence-corrected chi connectivity index (χ0v) is 13.8. The van der Waals surface area contributed by atoms with E-state index in [1.54, 1.807) is 0 Å². The summed E-state index contributed by atoms with van der Waals surface area (Å²) in [5.74, 6) is 0. The highest BCUT2D eigenvalue weighted by atomic mass is 31.2. The molecule has 0 spiro atoms. The van der Waals surface area contributed by atoms with Crippen LogP contribution in [0.15, 0.2) is 49.1 Å². The van der Waals surface area contributed by atoms with Crippen molar-refractivity contribution in [3.8, 4) is 11.1 Å². The molecule has 118 valence electrons. The van der Waals surface area contributed by atoms with Gasteiger partial charge in [0.25, 0.3) is 0 Å². The Labute approximate surface area is 131 Å². The van der Waals surface area contributed by atoms with Gasteiger partial charge in [-0.1, -0.05) is 0 Å². The van der Waals surface area contributed by atoms with E-state index in [4.69, 9.17) is 19.6 Å². The molecule has 2 heterocycles. The van der Waals surface area contributed by atoms with Crippen LogP contribution < -0.4 is 9.13 Å². The molecule has 0 amide bonds. The Morgan fingerprint density at radius 1 is 0.636 bits per heavy atom. The number of nitrogens with zero attached hydrogens (tertiary/aromatic N) is 2. The first-order valence-corrected chi connectivity index (χ1v) is 9.70. The first-order chi connectivity index (χ1) is 10.5. The van der Waals surface area contributed by atoms with E-state index < -0.39 is 16.8 Å². The van der Waals surface area contributed by atoms with Gasteiger partial charge in [-0.15, -0.1) is 0 Å². The average Bonchev–Trinajstić information content (AvgIpc) is 2.52. The number of aryl methyl sites for hydroxylation is 2. The van der Waals surface area contributed by atoms with Crippen molar-refractivity contribution in [2.45, 2.75) is 13.1 Å². The van der Waals surface area contributed by atoms with Crippen LogP contribution in [0.1, 0.15) is 0 Å². The summed E-state index contributed by atoms with van der Waals surface area (Å²) in [6.45, 7) is 1.16. The standard InChI is InChI=1S/C14H20N2O4P2/c17-21(18)11-9-15-5-1-13(2-6-15)14-3-7-16(8-4-14)10-12-22(19)20/h1-8,17-20H,9-12H2/q+2. The van der Waals surface area contributed by atoms with Gasteiger partial charge in [-0.2, -0.15) is 0 Å². The second-order valence-corrected chi connectivity index (χ2v) is 7.22. The molecule has 0 unspecified atom stereocenters. The molecule has 4 N–H and O–H groups in total. The molecule has 0 radical (unpaired) electrons. The Morgan fingerprint density at radius 3 is 1.23 bits per heavy atom. The normalized spacial score (nSPS) is 11.4. The van der Waals surface area contributed by atoms with Crippen LogP contribution in [-0.2, 0) is 13.1 Å². The van der Waals surface area contributed by atoms with E-state index in [1.165, 1.54) is 0 Å². The fourth-order valence-electron chi connectivity index (χ4n) is 2.01. The summed E-state index contributed by atoms with van der Waals surface area (Å²) in [4.78, 5) is 35.7. The highest BCUT2D eigenvalue weighted by Crippen LogP contribution is 2.22. The summed E-state index contributed by atoms with van der Waals surface area (Å²) < 4.78 is 3.83. The Hall–Kier alpha value is -1.00. The molecule has 2 aromatic heterocycles. The molecule has 0 saturated heterocycles. The molecule has 0 aromatic carbocycles. The van der Waals surface area contributed by atoms with Gasteiger partial charge < -0.3 is 19.6 Å². The van der Waals surface area contributed by atoms with Gasteiger partial charge >= 0.3 is 0 Å². The summed E-state index contributed by atoms with van der Waals surface area (Å²) in [5.41, 5.74) is 2.15. The van der Waals surface area contributed by atoms with Crippen LogP contribution in [-0.4, -0.2) is 31.9 Å². The SMILES string of the molecule is OP(O)CC[n+]1ccc(-c2cc[n+](CCP(O)O)cc2)cc1. The molecule has 0 aliphatic rings. The molecule has 0 aliphatic heterocycles. The lowest BCUT2D eigenvalue weighted by molar-refractivity contribution is -0.693. The van der Waals surface area contributed by atoms with Crippen LogP contribution in [0.2, 0.25) is 0 Å². The minimum absolute atomic E-state index is 0.364. The van der Waals surface area contributed by atoms with Gasteiger partial charge in [-0.25, -0.2) is 9.13 Å². The van der Waals surface area contributed by atoms with E-state index in [0.717, 1.165) is 11.1 Å². The third-order valence-electron chi connectivity index (χ3n) is 3.23. The molecule has 0 aliphatic carbocycles. The summed E-state index contributed by atoms with van der Waals surface area (Å²) in [6.07, 6.45) is 8.39. The third kappa shape index (κ3) is 5.65. The Morgan fingerprint density at radius 2 is 0.955 bits per heavy atom. The molecular weight excluding hydrogens is 322 g/mol. The van der Waals surface area contributed by atoms with E-state index in [-0.39, 0.29) is 0 Å². The van der Waals surface area contributed by atoms with E-state index in [0.29, 0.717) is 25.4 Å². The Kier molecular flexibility index (Phi) is 6.77. The zero-order valence-electron chi connectivity index (χ0n) is 12.0. The summed E-state index contributed by atoms with van der Waals surface area (Å²) in [6, 6.07) is 7.93. The van der Waals surface area contributed by atoms with Crippen molar-refractivity contribution in [3.05, 3.63) is 49.1 Å². The third-order valence-corrected chi connectivity index (χ3v) is 4.43. The predicted molar refractivity (Wildman–Crippen MR) is 84.7 cm³/mol. The van der Waals surface area contributed by atoms with E-state index >= 15 is 0 Å². The lowest BCUT2D eigenvalue weighted by Gasteiger charge is -2.03. The van der Waals surface area contributed by atoms with Crippen molar-refractivity contribution in [2.75, 3.05) is 12.3 Å². The molecule has 2 aromatic rings. The second-order valence-electron chi connectivity index (χ2n) is 4.84. The van der Waals surface area contributed by atoms with Crippen molar-refractivity contribution in [2.24, 2.45) is 0 Å². The first-order valence-electron chi connectivity index (χ1n) is 6.84. The van der Waals surface area contributed by atoms with Crippen LogP contribution >= 0.6 is 16.8 Å². The molecule has 0 fully saturated rings. The van der Waals surface area contributed by atoms with Gasteiger partial charge in [0.15, 0.2) is 54.6 Å². The van der Waals surface area contributed by atoms with Gasteiger partial charge in [-0.05, 0) is 11.1 Å². The quantitative estimate of drug-likeness (QED) is 0.436.